The number of aliphatic carboxylic acids is 1. The van der Waals surface area contributed by atoms with Gasteiger partial charge in [0.15, 0.2) is 0 Å². The molecule has 2 N–H and O–H groups in total. The van der Waals surface area contributed by atoms with Crippen LogP contribution in [0.2, 0.25) is 0 Å². The third kappa shape index (κ3) is 3.96. The van der Waals surface area contributed by atoms with Crippen LogP contribution >= 0.6 is 11.8 Å². The van der Waals surface area contributed by atoms with Crippen molar-refractivity contribution in [3.05, 3.63) is 10.6 Å². The Hall–Kier alpha value is -1.94. The minimum atomic E-state index is -1.13. The Morgan fingerprint density at radius 2 is 2.09 bits per heavy atom. The Morgan fingerprint density at radius 1 is 1.38 bits per heavy atom. The number of nitrogens with zero attached hydrogens (tertiary/aromatic N) is 2. The molecular formula is C22H32FN3O5S. The van der Waals surface area contributed by atoms with Gasteiger partial charge in [0.1, 0.15) is 17.7 Å². The second-order valence-corrected chi connectivity index (χ2v) is 10.9. The maximum absolute atomic E-state index is 13.5. The van der Waals surface area contributed by atoms with Gasteiger partial charge in [0, 0.05) is 37.0 Å². The highest BCUT2D eigenvalue weighted by molar-refractivity contribution is 8.03. The van der Waals surface area contributed by atoms with E-state index in [-0.39, 0.29) is 60.3 Å². The summed E-state index contributed by atoms with van der Waals surface area (Å²) in [6.07, 6.45) is 0.235. The number of alkyl halides is 1. The summed E-state index contributed by atoms with van der Waals surface area (Å²) < 4.78 is 13.5. The molecule has 2 amide bonds. The van der Waals surface area contributed by atoms with Gasteiger partial charge < -0.3 is 25.0 Å². The third-order valence-electron chi connectivity index (χ3n) is 7.14. The molecule has 4 aliphatic heterocycles. The predicted molar refractivity (Wildman–Crippen MR) is 118 cm³/mol. The van der Waals surface area contributed by atoms with Crippen molar-refractivity contribution in [1.82, 2.24) is 15.1 Å². The van der Waals surface area contributed by atoms with E-state index in [0.717, 1.165) is 0 Å². The second-order valence-electron chi connectivity index (χ2n) is 9.52. The van der Waals surface area contributed by atoms with Gasteiger partial charge in [-0.3, -0.25) is 9.59 Å². The molecule has 0 radical (unpaired) electrons. The summed E-state index contributed by atoms with van der Waals surface area (Å²) in [5.41, 5.74) is 0.0402. The number of carbonyl (C=O) groups is 4. The molecule has 10 heteroatoms. The molecule has 0 aromatic heterocycles. The van der Waals surface area contributed by atoms with Crippen LogP contribution in [0.25, 0.3) is 0 Å². The molecular weight excluding hydrogens is 437 g/mol. The molecule has 32 heavy (non-hydrogen) atoms. The number of carboxylic acid groups (broad SMARTS) is 1. The standard InChI is InChI=1S/C22H30FN3O5S.H2/c1-10(6-11(2)27)16-17-12(3)19(18(22(30)31)26(17)21(16)29)32-14-7-15(24-8-14)20(28)25-5-4-13(23)9-25;/h10,12-17,24H,4-9H2,1-3H3,(H,30,31);1H/t10-,12+,13-,14-,15-,16+,17?;/m0./s1. The van der Waals surface area contributed by atoms with E-state index in [1.807, 2.05) is 13.8 Å². The predicted octanol–water partition coefficient (Wildman–Crippen LogP) is 1.65. The number of ketones is 1. The zero-order valence-electron chi connectivity index (χ0n) is 18.5. The fourth-order valence-electron chi connectivity index (χ4n) is 5.65. The van der Waals surface area contributed by atoms with E-state index < -0.39 is 18.2 Å². The van der Waals surface area contributed by atoms with Gasteiger partial charge in [0.05, 0.1) is 24.5 Å². The summed E-state index contributed by atoms with van der Waals surface area (Å²) in [5.74, 6) is -2.09. The Morgan fingerprint density at radius 3 is 2.69 bits per heavy atom. The second kappa shape index (κ2) is 8.78. The van der Waals surface area contributed by atoms with Crippen LogP contribution in [0.5, 0.6) is 0 Å². The molecule has 4 aliphatic rings. The molecule has 1 unspecified atom stereocenters. The van der Waals surface area contributed by atoms with E-state index in [4.69, 9.17) is 0 Å². The number of hydrogen-bond acceptors (Lipinski definition) is 6. The van der Waals surface area contributed by atoms with Crippen molar-refractivity contribution in [2.24, 2.45) is 17.8 Å². The van der Waals surface area contributed by atoms with Gasteiger partial charge >= 0.3 is 5.97 Å². The van der Waals surface area contributed by atoms with Crippen LogP contribution in [0.1, 0.15) is 41.5 Å². The van der Waals surface area contributed by atoms with E-state index in [9.17, 15) is 28.7 Å². The van der Waals surface area contributed by atoms with Gasteiger partial charge in [-0.25, -0.2) is 9.18 Å². The summed E-state index contributed by atoms with van der Waals surface area (Å²) in [6.45, 7) is 6.42. The van der Waals surface area contributed by atoms with Gasteiger partial charge in [0.25, 0.3) is 0 Å². The molecule has 0 spiro atoms. The molecule has 3 fully saturated rings. The summed E-state index contributed by atoms with van der Waals surface area (Å²) in [6, 6.07) is -0.645. The highest BCUT2D eigenvalue weighted by Gasteiger charge is 2.60. The van der Waals surface area contributed by atoms with E-state index in [0.29, 0.717) is 37.3 Å². The number of β-lactam (4-membered cyclic amide) rings is 1. The molecule has 0 aliphatic carbocycles. The van der Waals surface area contributed by atoms with Crippen molar-refractivity contribution in [1.29, 1.82) is 0 Å². The van der Waals surface area contributed by atoms with Crippen molar-refractivity contribution in [3.63, 3.8) is 0 Å². The van der Waals surface area contributed by atoms with Crippen LogP contribution < -0.4 is 5.32 Å². The first kappa shape index (κ1) is 23.2. The fourth-order valence-corrected chi connectivity index (χ4v) is 7.12. The van der Waals surface area contributed by atoms with Crippen molar-refractivity contribution >= 4 is 35.3 Å². The average Bonchev–Trinajstić information content (AvgIpc) is 3.40. The molecule has 0 aromatic carbocycles. The summed E-state index contributed by atoms with van der Waals surface area (Å²) in [5, 5.41) is 13.1. The zero-order valence-corrected chi connectivity index (χ0v) is 19.4. The number of thioether (sulfide) groups is 1. The smallest absolute Gasteiger partial charge is 0.353 e. The zero-order chi connectivity index (χ0) is 23.3. The number of carboxylic acids is 1. The van der Waals surface area contributed by atoms with E-state index in [1.165, 1.54) is 23.6 Å². The summed E-state index contributed by atoms with van der Waals surface area (Å²) in [7, 11) is 0. The van der Waals surface area contributed by atoms with Gasteiger partial charge in [-0.05, 0) is 25.7 Å². The molecule has 0 aromatic rings. The first-order valence-electron chi connectivity index (χ1n) is 11.2. The quantitative estimate of drug-likeness (QED) is 0.546. The molecule has 0 bridgehead atoms. The van der Waals surface area contributed by atoms with E-state index in [1.54, 1.807) is 4.90 Å². The number of halogens is 1. The lowest BCUT2D eigenvalue weighted by atomic mass is 9.73. The fraction of sp³-hybridized carbons (Fsp3) is 0.727. The number of rotatable bonds is 7. The monoisotopic (exact) mass is 469 g/mol. The van der Waals surface area contributed by atoms with Crippen LogP contribution in [0.15, 0.2) is 10.6 Å². The maximum Gasteiger partial charge on any atom is 0.353 e. The largest absolute Gasteiger partial charge is 0.477 e. The number of hydrogen-bond donors (Lipinski definition) is 2. The number of likely N-dealkylation sites (tertiary alicyclic amines) is 1. The lowest BCUT2D eigenvalue weighted by molar-refractivity contribution is -0.160. The highest BCUT2D eigenvalue weighted by Crippen LogP contribution is 2.53. The molecule has 4 rings (SSSR count). The minimum absolute atomic E-state index is 0. The molecule has 0 saturated carbocycles. The molecule has 7 atom stereocenters. The van der Waals surface area contributed by atoms with Crippen molar-refractivity contribution in [3.8, 4) is 0 Å². The van der Waals surface area contributed by atoms with Crippen molar-refractivity contribution in [2.75, 3.05) is 19.6 Å². The lowest BCUT2D eigenvalue weighted by Crippen LogP contribution is -2.62. The molecule has 178 valence electrons. The number of carbonyl (C=O) groups excluding carboxylic acids is 3. The van der Waals surface area contributed by atoms with Crippen LogP contribution in [-0.4, -0.2) is 81.6 Å². The normalized spacial score (nSPS) is 35.2. The van der Waals surface area contributed by atoms with Gasteiger partial charge in [-0.1, -0.05) is 13.8 Å². The van der Waals surface area contributed by atoms with Crippen LogP contribution in [0.3, 0.4) is 0 Å². The number of Topliss-reactive ketones (excluding diaryl/α,β-unsaturated/α-hetero) is 1. The molecule has 3 saturated heterocycles. The average molecular weight is 470 g/mol. The van der Waals surface area contributed by atoms with Gasteiger partial charge in [-0.15, -0.1) is 11.8 Å². The molecule has 8 nitrogen and oxygen atoms in total. The van der Waals surface area contributed by atoms with E-state index >= 15 is 0 Å². The number of fused-ring (bicyclic) bond motifs is 1. The lowest BCUT2D eigenvalue weighted by Gasteiger charge is -2.47. The SMILES string of the molecule is CC(=O)C[C@H](C)[C@H]1C(=O)N2C(C(=O)O)=C(S[C@@H]3CN[C@H](C(=O)N4CC[C@H](F)C4)C3)[C@H](C)C12.[HH]. The van der Waals surface area contributed by atoms with Gasteiger partial charge in [-0.2, -0.15) is 0 Å². The van der Waals surface area contributed by atoms with Crippen LogP contribution in [-0.2, 0) is 19.2 Å². The number of nitrogens with one attached hydrogen (secondary N) is 1. The Bertz CT molecular complexity index is 886. The molecule has 4 heterocycles. The van der Waals surface area contributed by atoms with E-state index in [2.05, 4.69) is 5.32 Å². The first-order chi connectivity index (χ1) is 15.1. The summed E-state index contributed by atoms with van der Waals surface area (Å²) in [4.78, 5) is 52.8. The van der Waals surface area contributed by atoms with Gasteiger partial charge in [0.2, 0.25) is 11.8 Å². The highest BCUT2D eigenvalue weighted by atomic mass is 32.2. The maximum atomic E-state index is 13.5. The third-order valence-corrected chi connectivity index (χ3v) is 8.65. The summed E-state index contributed by atoms with van der Waals surface area (Å²) >= 11 is 1.43. The topological polar surface area (TPSA) is 107 Å². The van der Waals surface area contributed by atoms with Crippen LogP contribution in [0.4, 0.5) is 4.39 Å². The Kier molecular flexibility index (Phi) is 6.37. The van der Waals surface area contributed by atoms with Crippen molar-refractivity contribution < 1.29 is 30.1 Å². The minimum Gasteiger partial charge on any atom is -0.477 e. The first-order valence-corrected chi connectivity index (χ1v) is 12.1. The van der Waals surface area contributed by atoms with Crippen LogP contribution in [0, 0.1) is 17.8 Å². The Balaban J connectivity index is 0.00000306. The van der Waals surface area contributed by atoms with Crippen molar-refractivity contribution in [2.45, 2.75) is 63.5 Å². The Labute approximate surface area is 192 Å². The number of amides is 2.